The topological polar surface area (TPSA) is 81.3 Å². The summed E-state index contributed by atoms with van der Waals surface area (Å²) < 4.78 is 6.00. The molecule has 2 N–H and O–H groups in total. The molecule has 0 aromatic carbocycles. The molecule has 1 amide bonds. The van der Waals surface area contributed by atoms with Crippen LogP contribution in [-0.2, 0) is 4.74 Å². The maximum atomic E-state index is 11.6. The van der Waals surface area contributed by atoms with Crippen LogP contribution in [0.15, 0.2) is 6.07 Å². The van der Waals surface area contributed by atoms with E-state index in [1.54, 1.807) is 0 Å². The minimum absolute atomic E-state index is 0.148. The Kier molecular flexibility index (Phi) is 3.64. The van der Waals surface area contributed by atoms with E-state index in [1.165, 1.54) is 6.07 Å². The van der Waals surface area contributed by atoms with Gasteiger partial charge in [0.2, 0.25) is 0 Å². The quantitative estimate of drug-likeness (QED) is 0.897. The van der Waals surface area contributed by atoms with Crippen LogP contribution in [-0.4, -0.2) is 40.4 Å². The van der Waals surface area contributed by atoms with Crippen molar-refractivity contribution in [2.24, 2.45) is 5.73 Å². The van der Waals surface area contributed by atoms with Crippen LogP contribution in [0.2, 0.25) is 5.15 Å². The molecule has 0 spiro atoms. The lowest BCUT2D eigenvalue weighted by Crippen LogP contribution is -2.57. The van der Waals surface area contributed by atoms with Gasteiger partial charge >= 0.3 is 0 Å². The standard InChI is InChI=1S/C13H19ClN4O2/c1-12(2)6-18(7-13(3,4)20-12)11-8(10(15)19)5-9(14)16-17-11/h5H,6-7H2,1-4H3,(H2,15,19). The number of nitrogens with two attached hydrogens (primary N) is 1. The normalized spacial score (nSPS) is 20.8. The highest BCUT2D eigenvalue weighted by molar-refractivity contribution is 6.29. The summed E-state index contributed by atoms with van der Waals surface area (Å²) >= 11 is 5.79. The van der Waals surface area contributed by atoms with E-state index >= 15 is 0 Å². The molecule has 0 bridgehead atoms. The van der Waals surface area contributed by atoms with Crippen molar-refractivity contribution in [3.05, 3.63) is 16.8 Å². The third-order valence-corrected chi connectivity index (χ3v) is 3.19. The molecule has 0 aliphatic carbocycles. The predicted molar refractivity (Wildman–Crippen MR) is 77.0 cm³/mol. The number of hydrogen-bond acceptors (Lipinski definition) is 5. The number of nitrogens with zero attached hydrogens (tertiary/aromatic N) is 3. The lowest BCUT2D eigenvalue weighted by molar-refractivity contribution is -0.133. The number of primary amides is 1. The summed E-state index contributed by atoms with van der Waals surface area (Å²) in [5, 5.41) is 8.01. The Bertz CT molecular complexity index is 529. The van der Waals surface area contributed by atoms with Crippen molar-refractivity contribution >= 4 is 23.3 Å². The number of hydrogen-bond donors (Lipinski definition) is 1. The highest BCUT2D eigenvalue weighted by atomic mass is 35.5. The van der Waals surface area contributed by atoms with Gasteiger partial charge in [-0.25, -0.2) is 0 Å². The number of anilines is 1. The molecule has 2 heterocycles. The second kappa shape index (κ2) is 4.86. The van der Waals surface area contributed by atoms with Gasteiger partial charge in [0.15, 0.2) is 11.0 Å². The van der Waals surface area contributed by atoms with Gasteiger partial charge in [-0.05, 0) is 33.8 Å². The zero-order chi connectivity index (χ0) is 15.1. The zero-order valence-electron chi connectivity index (χ0n) is 12.1. The molecule has 7 heteroatoms. The number of morpholine rings is 1. The first-order chi connectivity index (χ1) is 9.10. The Balaban J connectivity index is 2.43. The third-order valence-electron chi connectivity index (χ3n) is 3.01. The number of rotatable bonds is 2. The Morgan fingerprint density at radius 3 is 2.35 bits per heavy atom. The summed E-state index contributed by atoms with van der Waals surface area (Å²) in [4.78, 5) is 13.5. The fourth-order valence-corrected chi connectivity index (χ4v) is 2.86. The van der Waals surface area contributed by atoms with Gasteiger partial charge in [-0.2, -0.15) is 0 Å². The van der Waals surface area contributed by atoms with Gasteiger partial charge in [-0.1, -0.05) is 11.6 Å². The van der Waals surface area contributed by atoms with Crippen molar-refractivity contribution in [3.63, 3.8) is 0 Å². The number of ether oxygens (including phenoxy) is 1. The Labute approximate surface area is 123 Å². The van der Waals surface area contributed by atoms with Crippen molar-refractivity contribution in [1.29, 1.82) is 0 Å². The molecule has 1 fully saturated rings. The van der Waals surface area contributed by atoms with E-state index < -0.39 is 5.91 Å². The molecule has 0 saturated carbocycles. The molecule has 20 heavy (non-hydrogen) atoms. The van der Waals surface area contributed by atoms with Crippen LogP contribution < -0.4 is 10.6 Å². The van der Waals surface area contributed by atoms with Crippen LogP contribution in [0.25, 0.3) is 0 Å². The Morgan fingerprint density at radius 1 is 1.30 bits per heavy atom. The van der Waals surface area contributed by atoms with Gasteiger partial charge in [0, 0.05) is 13.1 Å². The molecule has 110 valence electrons. The van der Waals surface area contributed by atoms with Crippen LogP contribution in [0.1, 0.15) is 38.1 Å². The van der Waals surface area contributed by atoms with E-state index in [9.17, 15) is 4.79 Å². The molecule has 2 rings (SSSR count). The smallest absolute Gasteiger partial charge is 0.252 e. The molecule has 1 aromatic heterocycles. The summed E-state index contributed by atoms with van der Waals surface area (Å²) in [5.74, 6) is -0.120. The fraction of sp³-hybridized carbons (Fsp3) is 0.615. The second-order valence-electron chi connectivity index (χ2n) is 6.25. The summed E-state index contributed by atoms with van der Waals surface area (Å²) in [5.41, 5.74) is 4.95. The number of carbonyl (C=O) groups excluding carboxylic acids is 1. The van der Waals surface area contributed by atoms with Crippen molar-refractivity contribution < 1.29 is 9.53 Å². The van der Waals surface area contributed by atoms with E-state index in [2.05, 4.69) is 10.2 Å². The molecule has 6 nitrogen and oxygen atoms in total. The van der Waals surface area contributed by atoms with Gasteiger partial charge in [-0.3, -0.25) is 4.79 Å². The molecule has 1 aliphatic heterocycles. The summed E-state index contributed by atoms with van der Waals surface area (Å²) in [6, 6.07) is 1.45. The third kappa shape index (κ3) is 3.19. The van der Waals surface area contributed by atoms with Crippen molar-refractivity contribution in [1.82, 2.24) is 10.2 Å². The molecular weight excluding hydrogens is 280 g/mol. The molecule has 0 unspecified atom stereocenters. The molecule has 1 aliphatic rings. The number of aromatic nitrogens is 2. The molecule has 1 aromatic rings. The second-order valence-corrected chi connectivity index (χ2v) is 6.63. The van der Waals surface area contributed by atoms with E-state index in [0.29, 0.717) is 18.9 Å². The monoisotopic (exact) mass is 298 g/mol. The van der Waals surface area contributed by atoms with Crippen LogP contribution in [0.3, 0.4) is 0 Å². The number of amides is 1. The van der Waals surface area contributed by atoms with E-state index in [0.717, 1.165) is 0 Å². The van der Waals surface area contributed by atoms with E-state index in [-0.39, 0.29) is 21.9 Å². The number of carbonyl (C=O) groups is 1. The van der Waals surface area contributed by atoms with Crippen LogP contribution in [0, 0.1) is 0 Å². The predicted octanol–water partition coefficient (Wildman–Crippen LogP) is 1.62. The summed E-state index contributed by atoms with van der Waals surface area (Å²) in [6.07, 6.45) is 0. The first-order valence-corrected chi connectivity index (χ1v) is 6.76. The van der Waals surface area contributed by atoms with Crippen LogP contribution in [0.5, 0.6) is 0 Å². The van der Waals surface area contributed by atoms with Gasteiger partial charge < -0.3 is 15.4 Å². The van der Waals surface area contributed by atoms with Crippen molar-refractivity contribution in [3.8, 4) is 0 Å². The Morgan fingerprint density at radius 2 is 1.85 bits per heavy atom. The molecular formula is C13H19ClN4O2. The van der Waals surface area contributed by atoms with Crippen LogP contribution >= 0.6 is 11.6 Å². The van der Waals surface area contributed by atoms with Gasteiger partial charge in [0.25, 0.3) is 5.91 Å². The van der Waals surface area contributed by atoms with Gasteiger partial charge in [0.05, 0.1) is 16.8 Å². The number of halogens is 1. The maximum Gasteiger partial charge on any atom is 0.252 e. The first-order valence-electron chi connectivity index (χ1n) is 6.38. The maximum absolute atomic E-state index is 11.6. The molecule has 1 saturated heterocycles. The van der Waals surface area contributed by atoms with Crippen molar-refractivity contribution in [2.45, 2.75) is 38.9 Å². The van der Waals surface area contributed by atoms with Crippen molar-refractivity contribution in [2.75, 3.05) is 18.0 Å². The highest BCUT2D eigenvalue weighted by Gasteiger charge is 2.39. The van der Waals surface area contributed by atoms with Gasteiger partial charge in [0.1, 0.15) is 0 Å². The summed E-state index contributed by atoms with van der Waals surface area (Å²) in [6.45, 7) is 9.16. The average molecular weight is 299 g/mol. The van der Waals surface area contributed by atoms with E-state index in [4.69, 9.17) is 22.1 Å². The average Bonchev–Trinajstić information content (AvgIpc) is 2.24. The largest absolute Gasteiger partial charge is 0.366 e. The minimum Gasteiger partial charge on any atom is -0.366 e. The lowest BCUT2D eigenvalue weighted by Gasteiger charge is -2.47. The van der Waals surface area contributed by atoms with Crippen LogP contribution in [0.4, 0.5) is 5.82 Å². The first kappa shape index (κ1) is 15.0. The minimum atomic E-state index is -0.570. The molecule has 0 radical (unpaired) electrons. The fourth-order valence-electron chi connectivity index (χ4n) is 2.71. The highest BCUT2D eigenvalue weighted by Crippen LogP contribution is 2.32. The zero-order valence-corrected chi connectivity index (χ0v) is 12.9. The SMILES string of the molecule is CC1(C)CN(c2nnc(Cl)cc2C(N)=O)CC(C)(C)O1. The summed E-state index contributed by atoms with van der Waals surface area (Å²) in [7, 11) is 0. The van der Waals surface area contributed by atoms with E-state index in [1.807, 2.05) is 32.6 Å². The molecule has 0 atom stereocenters. The van der Waals surface area contributed by atoms with Gasteiger partial charge in [-0.15, -0.1) is 10.2 Å². The Hall–Kier alpha value is -1.40. The lowest BCUT2D eigenvalue weighted by atomic mass is 9.98.